The zero-order chi connectivity index (χ0) is 36.2. The first kappa shape index (κ1) is 35.2. The third kappa shape index (κ3) is 5.83. The van der Waals surface area contributed by atoms with Crippen LogP contribution in [0, 0.1) is 13.8 Å². The minimum atomic E-state index is -0.478. The summed E-state index contributed by atoms with van der Waals surface area (Å²) in [5.41, 5.74) is 22.8. The number of hydrogen-bond donors (Lipinski definition) is 0. The van der Waals surface area contributed by atoms with Crippen molar-refractivity contribution in [3.63, 3.8) is 0 Å². The van der Waals surface area contributed by atoms with E-state index in [0.29, 0.717) is 5.92 Å². The predicted molar refractivity (Wildman–Crippen MR) is 221 cm³/mol. The van der Waals surface area contributed by atoms with Crippen LogP contribution >= 0.6 is 0 Å². The van der Waals surface area contributed by atoms with Gasteiger partial charge in [-0.1, -0.05) is 140 Å². The molecule has 6 bridgehead atoms. The molecule has 3 atom stereocenters. The highest BCUT2D eigenvalue weighted by atomic mass is 28.1. The summed E-state index contributed by atoms with van der Waals surface area (Å²) in [6.07, 6.45) is 24.1. The second-order valence-corrected chi connectivity index (χ2v) is 16.8. The maximum Gasteiger partial charge on any atom is 0.0713 e. The molecule has 1 heteroatoms. The first-order valence-electron chi connectivity index (χ1n) is 19.0. The van der Waals surface area contributed by atoms with Crippen LogP contribution in [0.15, 0.2) is 143 Å². The number of benzene rings is 3. The van der Waals surface area contributed by atoms with Crippen molar-refractivity contribution in [2.45, 2.75) is 104 Å². The predicted octanol–water partition coefficient (Wildman–Crippen LogP) is 12.8. The molecular formula is C50H53Si. The maximum absolute atomic E-state index is 4.33. The van der Waals surface area contributed by atoms with Gasteiger partial charge in [0.15, 0.2) is 0 Å². The molecule has 257 valence electrons. The third-order valence-corrected chi connectivity index (χ3v) is 12.8. The second kappa shape index (κ2) is 13.4. The molecule has 3 aromatic rings. The first-order chi connectivity index (χ1) is 24.4. The molecule has 3 radical (unpaired) electrons. The molecule has 0 saturated heterocycles. The van der Waals surface area contributed by atoms with E-state index < -0.39 is 5.41 Å². The number of hydrogen-bond acceptors (Lipinski definition) is 0. The topological polar surface area (TPSA) is 0 Å². The van der Waals surface area contributed by atoms with Crippen LogP contribution in [0.2, 0.25) is 0 Å². The molecule has 0 saturated carbocycles. The molecule has 0 fully saturated rings. The van der Waals surface area contributed by atoms with Gasteiger partial charge in [-0.15, -0.1) is 0 Å². The Bertz CT molecular complexity index is 2180. The Kier molecular flexibility index (Phi) is 9.26. The SMILES string of the molecule is C=C(C)/C=C\C(=C/C)C12C3=CC=C(C)C/C3=C/Cc3ccc(c(C)c3)C(C)([Si])C3=CC=C(C)C(CC3)c3cc(C)c(c1c3)-c1ccc(CC)cc12. The van der Waals surface area contributed by atoms with Crippen LogP contribution in [0.5, 0.6) is 0 Å². The van der Waals surface area contributed by atoms with E-state index in [4.69, 9.17) is 0 Å². The fourth-order valence-corrected chi connectivity index (χ4v) is 10.0. The van der Waals surface area contributed by atoms with E-state index in [1.165, 1.54) is 89.1 Å². The Morgan fingerprint density at radius 3 is 2.43 bits per heavy atom. The second-order valence-electron chi connectivity index (χ2n) is 15.8. The van der Waals surface area contributed by atoms with E-state index in [0.717, 1.165) is 37.7 Å². The van der Waals surface area contributed by atoms with Gasteiger partial charge in [0.05, 0.1) is 5.41 Å². The summed E-state index contributed by atoms with van der Waals surface area (Å²) in [7, 11) is 4.33. The summed E-state index contributed by atoms with van der Waals surface area (Å²) < 4.78 is 0. The van der Waals surface area contributed by atoms with Crippen LogP contribution in [-0.4, -0.2) is 10.2 Å². The third-order valence-electron chi connectivity index (χ3n) is 12.2. The van der Waals surface area contributed by atoms with Gasteiger partial charge in [0.25, 0.3) is 0 Å². The number of allylic oxidation sites excluding steroid dienone is 15. The van der Waals surface area contributed by atoms with E-state index >= 15 is 0 Å². The summed E-state index contributed by atoms with van der Waals surface area (Å²) in [5, 5.41) is -0.236. The van der Waals surface area contributed by atoms with Crippen molar-refractivity contribution in [1.29, 1.82) is 0 Å². The molecule has 0 N–H and O–H groups in total. The minimum Gasteiger partial charge on any atom is -0.0961 e. The van der Waals surface area contributed by atoms with Gasteiger partial charge < -0.3 is 0 Å². The molecule has 5 aliphatic carbocycles. The van der Waals surface area contributed by atoms with Crippen molar-refractivity contribution in [1.82, 2.24) is 0 Å². The van der Waals surface area contributed by atoms with Crippen LogP contribution in [0.4, 0.5) is 0 Å². The summed E-state index contributed by atoms with van der Waals surface area (Å²) in [6.45, 7) is 22.5. The Morgan fingerprint density at radius 1 is 0.902 bits per heavy atom. The lowest BCUT2D eigenvalue weighted by atomic mass is 9.62. The molecule has 3 unspecified atom stereocenters. The van der Waals surface area contributed by atoms with Gasteiger partial charge in [-0.25, -0.2) is 0 Å². The smallest absolute Gasteiger partial charge is 0.0713 e. The average Bonchev–Trinajstić information content (AvgIpc) is 3.22. The van der Waals surface area contributed by atoms with Crippen molar-refractivity contribution in [2.75, 3.05) is 0 Å². The number of fused-ring (bicyclic) bond motifs is 5. The molecule has 51 heavy (non-hydrogen) atoms. The lowest BCUT2D eigenvalue weighted by molar-refractivity contribution is 0.651. The quantitative estimate of drug-likeness (QED) is 0.190. The van der Waals surface area contributed by atoms with Crippen LogP contribution in [0.1, 0.15) is 111 Å². The van der Waals surface area contributed by atoms with E-state index in [-0.39, 0.29) is 5.04 Å². The van der Waals surface area contributed by atoms with Gasteiger partial charge in [-0.2, -0.15) is 0 Å². The highest BCUT2D eigenvalue weighted by molar-refractivity contribution is 6.18. The normalized spacial score (nSPS) is 25.2. The molecule has 3 aromatic carbocycles. The Morgan fingerprint density at radius 2 is 1.71 bits per heavy atom. The van der Waals surface area contributed by atoms with Gasteiger partial charge >= 0.3 is 0 Å². The van der Waals surface area contributed by atoms with Gasteiger partial charge in [0, 0.05) is 21.2 Å². The fraction of sp³-hybridized carbons (Fsp3) is 0.320. The maximum atomic E-state index is 4.33. The summed E-state index contributed by atoms with van der Waals surface area (Å²) >= 11 is 0. The monoisotopic (exact) mass is 681 g/mol. The zero-order valence-corrected chi connectivity index (χ0v) is 33.1. The molecule has 0 spiro atoms. The van der Waals surface area contributed by atoms with E-state index in [1.54, 1.807) is 0 Å². The minimum absolute atomic E-state index is 0.236. The fourth-order valence-electron chi connectivity index (χ4n) is 9.55. The van der Waals surface area contributed by atoms with Gasteiger partial charge in [0.2, 0.25) is 0 Å². The molecule has 0 aromatic heterocycles. The lowest BCUT2D eigenvalue weighted by Gasteiger charge is -2.40. The summed E-state index contributed by atoms with van der Waals surface area (Å²) in [4.78, 5) is 0. The summed E-state index contributed by atoms with van der Waals surface area (Å²) in [5.74, 6) is 0.328. The molecule has 0 heterocycles. The van der Waals surface area contributed by atoms with Crippen LogP contribution in [-0.2, 0) is 23.3 Å². The molecule has 0 nitrogen and oxygen atoms in total. The largest absolute Gasteiger partial charge is 0.0961 e. The molecular weight excluding hydrogens is 629 g/mol. The Balaban J connectivity index is 1.62. The Labute approximate surface area is 311 Å². The lowest BCUT2D eigenvalue weighted by Crippen LogP contribution is -2.32. The molecule has 0 amide bonds. The van der Waals surface area contributed by atoms with E-state index in [1.807, 2.05) is 0 Å². The van der Waals surface area contributed by atoms with Crippen molar-refractivity contribution < 1.29 is 0 Å². The van der Waals surface area contributed by atoms with Crippen molar-refractivity contribution in [2.24, 2.45) is 0 Å². The first-order valence-corrected chi connectivity index (χ1v) is 19.5. The number of rotatable bonds is 4. The van der Waals surface area contributed by atoms with Gasteiger partial charge in [-0.05, 0) is 146 Å². The highest BCUT2D eigenvalue weighted by Crippen LogP contribution is 2.61. The van der Waals surface area contributed by atoms with Crippen molar-refractivity contribution >= 4 is 10.2 Å². The zero-order valence-electron chi connectivity index (χ0n) is 32.1. The van der Waals surface area contributed by atoms with E-state index in [9.17, 15) is 0 Å². The molecule has 0 aliphatic heterocycles. The average molecular weight is 682 g/mol. The highest BCUT2D eigenvalue weighted by Gasteiger charge is 2.50. The van der Waals surface area contributed by atoms with Crippen LogP contribution in [0.25, 0.3) is 11.1 Å². The van der Waals surface area contributed by atoms with Crippen molar-refractivity contribution in [3.05, 3.63) is 187 Å². The van der Waals surface area contributed by atoms with Crippen LogP contribution in [0.3, 0.4) is 0 Å². The van der Waals surface area contributed by atoms with Crippen molar-refractivity contribution in [3.8, 4) is 11.1 Å². The van der Waals surface area contributed by atoms with Crippen LogP contribution < -0.4 is 0 Å². The standard InChI is InChI=1S/C50H53Si/c1-10-36-16-22-43-46(29-36)50(40(11-2)19-12-31(3)4)45-24-13-32(5)26-38(45)18-15-37-17-25-44(34(7)27-37)49(9,51)41-20-14-33(6)42(23-21-41)39-28-35(8)48(43)47(50)30-39/h11-14,16-20,22,24-25,27-30,42H,3,10,15,21,23,26H2,1-2,4-9H3/b19-12-,38-18-,40-11+. The van der Waals surface area contributed by atoms with Gasteiger partial charge in [-0.3, -0.25) is 0 Å². The van der Waals surface area contributed by atoms with Gasteiger partial charge in [0.1, 0.15) is 0 Å². The van der Waals surface area contributed by atoms with E-state index in [2.05, 4.69) is 169 Å². The number of aryl methyl sites for hydroxylation is 3. The molecule has 5 aliphatic rings. The summed E-state index contributed by atoms with van der Waals surface area (Å²) in [6, 6.07) is 19.6. The Hall–Kier alpha value is -4.20. The molecule has 8 rings (SSSR count).